The smallest absolute Gasteiger partial charge is 0.227 e. The minimum absolute atomic E-state index is 0. The van der Waals surface area contributed by atoms with E-state index < -0.39 is 0 Å². The average molecular weight is 303 g/mol. The van der Waals surface area contributed by atoms with Crippen LogP contribution in [0.1, 0.15) is 19.8 Å². The van der Waals surface area contributed by atoms with Gasteiger partial charge in [-0.2, -0.15) is 5.10 Å². The molecule has 0 spiro atoms. The minimum atomic E-state index is 0. The number of nitrogens with zero attached hydrogens (tertiary/aromatic N) is 2. The number of amides is 1. The van der Waals surface area contributed by atoms with Crippen molar-refractivity contribution in [2.75, 3.05) is 25.6 Å². The Labute approximate surface area is 125 Å². The van der Waals surface area contributed by atoms with E-state index in [0.29, 0.717) is 19.2 Å². The molecule has 0 aromatic carbocycles. The maximum Gasteiger partial charge on any atom is 0.227 e. The first-order valence-corrected chi connectivity index (χ1v) is 6.74. The maximum atomic E-state index is 12.1. The van der Waals surface area contributed by atoms with Crippen LogP contribution < -0.4 is 10.6 Å². The van der Waals surface area contributed by atoms with Gasteiger partial charge >= 0.3 is 0 Å². The molecular weight excluding hydrogens is 280 g/mol. The Morgan fingerprint density at radius 3 is 3.15 bits per heavy atom. The molecule has 0 unspecified atom stereocenters. The standard InChI is InChI=1S/C13H22N4O2.ClH/c1-10-7-11(3-4-14-10)13(18)16-12-8-15-17(9-12)5-6-19-2;/h8-11,14H,3-7H2,1-2H3,(H,16,18);1H/t10-,11-;/m0./s1. The molecule has 0 bridgehead atoms. The lowest BCUT2D eigenvalue weighted by atomic mass is 9.92. The second-order valence-electron chi connectivity index (χ2n) is 5.05. The highest BCUT2D eigenvalue weighted by Crippen LogP contribution is 2.18. The molecule has 20 heavy (non-hydrogen) atoms. The largest absolute Gasteiger partial charge is 0.383 e. The number of hydrogen-bond acceptors (Lipinski definition) is 4. The number of methoxy groups -OCH3 is 1. The number of anilines is 1. The average Bonchev–Trinajstić information content (AvgIpc) is 2.84. The van der Waals surface area contributed by atoms with E-state index in [1.54, 1.807) is 18.0 Å². The molecule has 1 saturated heterocycles. The Hall–Kier alpha value is -1.11. The van der Waals surface area contributed by atoms with Crippen LogP contribution in [0.3, 0.4) is 0 Å². The molecule has 1 fully saturated rings. The summed E-state index contributed by atoms with van der Waals surface area (Å²) in [5.41, 5.74) is 0.757. The summed E-state index contributed by atoms with van der Waals surface area (Å²) in [6, 6.07) is 0.411. The van der Waals surface area contributed by atoms with Crippen molar-refractivity contribution in [2.45, 2.75) is 32.4 Å². The highest BCUT2D eigenvalue weighted by Gasteiger charge is 2.24. The fourth-order valence-corrected chi connectivity index (χ4v) is 2.35. The minimum Gasteiger partial charge on any atom is -0.383 e. The zero-order valence-electron chi connectivity index (χ0n) is 12.0. The van der Waals surface area contributed by atoms with Crippen molar-refractivity contribution in [3.05, 3.63) is 12.4 Å². The molecule has 2 N–H and O–H groups in total. The molecule has 2 heterocycles. The Balaban J connectivity index is 0.00000200. The van der Waals surface area contributed by atoms with Crippen LogP contribution in [0.4, 0.5) is 5.69 Å². The molecule has 114 valence electrons. The van der Waals surface area contributed by atoms with Crippen LogP contribution in [0.15, 0.2) is 12.4 Å². The van der Waals surface area contributed by atoms with Crippen LogP contribution in [0, 0.1) is 5.92 Å². The highest BCUT2D eigenvalue weighted by atomic mass is 35.5. The van der Waals surface area contributed by atoms with Gasteiger partial charge in [0.1, 0.15) is 0 Å². The van der Waals surface area contributed by atoms with Crippen molar-refractivity contribution in [2.24, 2.45) is 5.92 Å². The van der Waals surface area contributed by atoms with Gasteiger partial charge in [-0.3, -0.25) is 9.48 Å². The Morgan fingerprint density at radius 1 is 1.65 bits per heavy atom. The lowest BCUT2D eigenvalue weighted by Gasteiger charge is -2.26. The van der Waals surface area contributed by atoms with Gasteiger partial charge < -0.3 is 15.4 Å². The third-order valence-corrected chi connectivity index (χ3v) is 3.42. The summed E-state index contributed by atoms with van der Waals surface area (Å²) in [5, 5.41) is 10.5. The number of carbonyl (C=O) groups excluding carboxylic acids is 1. The van der Waals surface area contributed by atoms with Crippen molar-refractivity contribution in [1.82, 2.24) is 15.1 Å². The van der Waals surface area contributed by atoms with Gasteiger partial charge in [-0.25, -0.2) is 0 Å². The molecule has 2 atom stereocenters. The lowest BCUT2D eigenvalue weighted by molar-refractivity contribution is -0.120. The monoisotopic (exact) mass is 302 g/mol. The summed E-state index contributed by atoms with van der Waals surface area (Å²) in [7, 11) is 1.66. The molecule has 6 nitrogen and oxygen atoms in total. The number of piperidine rings is 1. The van der Waals surface area contributed by atoms with Gasteiger partial charge in [-0.05, 0) is 26.3 Å². The normalized spacial score (nSPS) is 22.1. The molecule has 1 amide bonds. The molecule has 1 aliphatic heterocycles. The van der Waals surface area contributed by atoms with Crippen LogP contribution in [0.2, 0.25) is 0 Å². The molecule has 7 heteroatoms. The lowest BCUT2D eigenvalue weighted by Crippen LogP contribution is -2.40. The third kappa shape index (κ3) is 4.77. The topological polar surface area (TPSA) is 68.2 Å². The van der Waals surface area contributed by atoms with Gasteiger partial charge in [0.15, 0.2) is 0 Å². The van der Waals surface area contributed by atoms with E-state index in [1.165, 1.54) is 0 Å². The molecule has 0 saturated carbocycles. The van der Waals surface area contributed by atoms with E-state index in [0.717, 1.165) is 25.1 Å². The van der Waals surface area contributed by atoms with Crippen molar-refractivity contribution in [1.29, 1.82) is 0 Å². The van der Waals surface area contributed by atoms with Gasteiger partial charge in [0.25, 0.3) is 0 Å². The summed E-state index contributed by atoms with van der Waals surface area (Å²) in [5.74, 6) is 0.193. The molecule has 1 aromatic rings. The van der Waals surface area contributed by atoms with E-state index in [4.69, 9.17) is 4.74 Å². The predicted molar refractivity (Wildman–Crippen MR) is 80.2 cm³/mol. The summed E-state index contributed by atoms with van der Waals surface area (Å²) >= 11 is 0. The molecular formula is C13H23ClN4O2. The molecule has 0 radical (unpaired) electrons. The van der Waals surface area contributed by atoms with Gasteiger partial charge in [0.2, 0.25) is 5.91 Å². The number of rotatable bonds is 5. The summed E-state index contributed by atoms with van der Waals surface area (Å²) < 4.78 is 6.76. The second kappa shape index (κ2) is 8.24. The molecule has 1 aromatic heterocycles. The van der Waals surface area contributed by atoms with Gasteiger partial charge in [-0.1, -0.05) is 0 Å². The maximum absolute atomic E-state index is 12.1. The van der Waals surface area contributed by atoms with E-state index in [-0.39, 0.29) is 24.2 Å². The van der Waals surface area contributed by atoms with Gasteiger partial charge in [-0.15, -0.1) is 12.4 Å². The summed E-state index contributed by atoms with van der Waals surface area (Å²) in [6.07, 6.45) is 5.30. The molecule has 2 rings (SSSR count). The fraction of sp³-hybridized carbons (Fsp3) is 0.692. The number of aromatic nitrogens is 2. The van der Waals surface area contributed by atoms with Crippen molar-refractivity contribution in [3.8, 4) is 0 Å². The Morgan fingerprint density at radius 2 is 2.45 bits per heavy atom. The Kier molecular flexibility index (Phi) is 6.98. The van der Waals surface area contributed by atoms with Crippen LogP contribution in [0.25, 0.3) is 0 Å². The van der Waals surface area contributed by atoms with Gasteiger partial charge in [0.05, 0.1) is 25.0 Å². The fourth-order valence-electron chi connectivity index (χ4n) is 2.35. The summed E-state index contributed by atoms with van der Waals surface area (Å²) in [6.45, 7) is 4.33. The first kappa shape index (κ1) is 16.9. The number of carbonyl (C=O) groups is 1. The summed E-state index contributed by atoms with van der Waals surface area (Å²) in [4.78, 5) is 12.1. The molecule has 1 aliphatic rings. The zero-order chi connectivity index (χ0) is 13.7. The first-order valence-electron chi connectivity index (χ1n) is 6.74. The number of nitrogens with one attached hydrogen (secondary N) is 2. The molecule has 0 aliphatic carbocycles. The number of hydrogen-bond donors (Lipinski definition) is 2. The van der Waals surface area contributed by atoms with E-state index >= 15 is 0 Å². The number of ether oxygens (including phenoxy) is 1. The van der Waals surface area contributed by atoms with Gasteiger partial charge in [0, 0.05) is 25.3 Å². The second-order valence-corrected chi connectivity index (χ2v) is 5.05. The predicted octanol–water partition coefficient (Wildman–Crippen LogP) is 1.28. The first-order chi connectivity index (χ1) is 9.19. The van der Waals surface area contributed by atoms with Crippen LogP contribution in [-0.2, 0) is 16.1 Å². The van der Waals surface area contributed by atoms with E-state index in [9.17, 15) is 4.79 Å². The van der Waals surface area contributed by atoms with Crippen molar-refractivity contribution < 1.29 is 9.53 Å². The van der Waals surface area contributed by atoms with Crippen LogP contribution in [0.5, 0.6) is 0 Å². The highest BCUT2D eigenvalue weighted by molar-refractivity contribution is 5.92. The Bertz CT molecular complexity index is 424. The van der Waals surface area contributed by atoms with Crippen molar-refractivity contribution >= 4 is 24.0 Å². The third-order valence-electron chi connectivity index (χ3n) is 3.42. The zero-order valence-corrected chi connectivity index (χ0v) is 12.8. The van der Waals surface area contributed by atoms with Crippen molar-refractivity contribution in [3.63, 3.8) is 0 Å². The number of halogens is 1. The van der Waals surface area contributed by atoms with E-state index in [2.05, 4.69) is 22.7 Å². The SMILES string of the molecule is COCCn1cc(NC(=O)[C@H]2CCN[C@@H](C)C2)cn1.Cl. The van der Waals surface area contributed by atoms with Crippen LogP contribution in [-0.4, -0.2) is 42.0 Å². The van der Waals surface area contributed by atoms with Crippen LogP contribution >= 0.6 is 12.4 Å². The van der Waals surface area contributed by atoms with E-state index in [1.807, 2.05) is 6.20 Å². The quantitative estimate of drug-likeness (QED) is 0.860.